The van der Waals surface area contributed by atoms with Crippen LogP contribution >= 0.6 is 0 Å². The van der Waals surface area contributed by atoms with Gasteiger partial charge in [0.15, 0.2) is 11.9 Å². The van der Waals surface area contributed by atoms with E-state index in [1.165, 1.54) is 24.3 Å². The number of rotatable bonds is 4. The number of benzene rings is 2. The second kappa shape index (κ2) is 5.98. The summed E-state index contributed by atoms with van der Waals surface area (Å²) in [5.41, 5.74) is 0.902. The van der Waals surface area contributed by atoms with Gasteiger partial charge >= 0.3 is 0 Å². The largest absolute Gasteiger partial charge is 0.476 e. The highest BCUT2D eigenvalue weighted by Crippen LogP contribution is 2.16. The van der Waals surface area contributed by atoms with Crippen molar-refractivity contribution in [3.05, 3.63) is 65.5 Å². The minimum Gasteiger partial charge on any atom is -0.476 e. The third-order valence-corrected chi connectivity index (χ3v) is 2.72. The Bertz CT molecular complexity index is 642. The molecule has 0 unspecified atom stereocenters. The van der Waals surface area contributed by atoms with Crippen LogP contribution in [-0.4, -0.2) is 11.9 Å². The highest BCUT2D eigenvalue weighted by Gasteiger charge is 2.09. The summed E-state index contributed by atoms with van der Waals surface area (Å²) in [4.78, 5) is 12.1. The van der Waals surface area contributed by atoms with Crippen molar-refractivity contribution in [2.45, 2.75) is 13.0 Å². The van der Waals surface area contributed by atoms with E-state index in [0.717, 1.165) is 0 Å². The summed E-state index contributed by atoms with van der Waals surface area (Å²) in [5.74, 6) is -0.0459. The predicted molar refractivity (Wildman–Crippen MR) is 72.0 cm³/mol. The fourth-order valence-electron chi connectivity index (χ4n) is 1.68. The van der Waals surface area contributed by atoms with Gasteiger partial charge in [-0.15, -0.1) is 0 Å². The SMILES string of the molecule is C[C@@H](C#N)Oc1ccc(C(=O)c2ccc(F)cc2)cc1. The van der Waals surface area contributed by atoms with Gasteiger partial charge in [-0.2, -0.15) is 5.26 Å². The van der Waals surface area contributed by atoms with E-state index in [1.807, 2.05) is 6.07 Å². The third-order valence-electron chi connectivity index (χ3n) is 2.72. The molecule has 0 spiro atoms. The first-order valence-corrected chi connectivity index (χ1v) is 6.07. The van der Waals surface area contributed by atoms with Gasteiger partial charge in [0.25, 0.3) is 0 Å². The summed E-state index contributed by atoms with van der Waals surface area (Å²) >= 11 is 0. The van der Waals surface area contributed by atoms with Gasteiger partial charge in [-0.05, 0) is 55.5 Å². The average molecular weight is 269 g/mol. The Kier molecular flexibility index (Phi) is 4.11. The molecule has 20 heavy (non-hydrogen) atoms. The molecule has 2 aromatic rings. The van der Waals surface area contributed by atoms with Gasteiger partial charge in [0, 0.05) is 11.1 Å². The average Bonchev–Trinajstić information content (AvgIpc) is 2.48. The van der Waals surface area contributed by atoms with E-state index in [0.29, 0.717) is 16.9 Å². The van der Waals surface area contributed by atoms with Gasteiger partial charge in [-0.3, -0.25) is 4.79 Å². The zero-order valence-corrected chi connectivity index (χ0v) is 10.8. The lowest BCUT2D eigenvalue weighted by Gasteiger charge is -2.08. The summed E-state index contributed by atoms with van der Waals surface area (Å²) in [6.45, 7) is 1.64. The lowest BCUT2D eigenvalue weighted by atomic mass is 10.0. The molecule has 0 amide bonds. The minimum atomic E-state index is -0.548. The molecule has 0 radical (unpaired) electrons. The Hall–Kier alpha value is -2.67. The molecule has 4 heteroatoms. The maximum absolute atomic E-state index is 12.8. The van der Waals surface area contributed by atoms with Crippen molar-refractivity contribution in [1.29, 1.82) is 5.26 Å². The van der Waals surface area contributed by atoms with E-state index < -0.39 is 6.10 Å². The van der Waals surface area contributed by atoms with Crippen molar-refractivity contribution in [3.63, 3.8) is 0 Å². The van der Waals surface area contributed by atoms with Crippen LogP contribution in [0.2, 0.25) is 0 Å². The molecule has 0 aliphatic carbocycles. The van der Waals surface area contributed by atoms with Gasteiger partial charge in [0.05, 0.1) is 0 Å². The van der Waals surface area contributed by atoms with Crippen molar-refractivity contribution in [2.24, 2.45) is 0 Å². The first-order valence-electron chi connectivity index (χ1n) is 6.07. The number of nitriles is 1. The molecule has 0 heterocycles. The number of carbonyl (C=O) groups is 1. The molecule has 0 N–H and O–H groups in total. The maximum Gasteiger partial charge on any atom is 0.193 e. The molecule has 2 rings (SSSR count). The Morgan fingerprint density at radius 2 is 1.60 bits per heavy atom. The van der Waals surface area contributed by atoms with Crippen molar-refractivity contribution >= 4 is 5.78 Å². The van der Waals surface area contributed by atoms with Crippen LogP contribution in [0.25, 0.3) is 0 Å². The normalized spacial score (nSPS) is 11.4. The van der Waals surface area contributed by atoms with E-state index in [2.05, 4.69) is 0 Å². The number of carbonyl (C=O) groups excluding carboxylic acids is 1. The van der Waals surface area contributed by atoms with Crippen LogP contribution in [-0.2, 0) is 0 Å². The van der Waals surface area contributed by atoms with Crippen molar-refractivity contribution in [3.8, 4) is 11.8 Å². The third kappa shape index (κ3) is 3.21. The summed E-state index contributed by atoms with van der Waals surface area (Å²) in [6, 6.07) is 13.8. The van der Waals surface area contributed by atoms with Gasteiger partial charge in [0.2, 0.25) is 0 Å². The molecule has 0 aliphatic rings. The summed E-state index contributed by atoms with van der Waals surface area (Å²) in [5, 5.41) is 8.65. The Labute approximate surface area is 116 Å². The molecule has 100 valence electrons. The molecule has 0 saturated heterocycles. The van der Waals surface area contributed by atoms with Crippen LogP contribution in [0.1, 0.15) is 22.8 Å². The highest BCUT2D eigenvalue weighted by atomic mass is 19.1. The van der Waals surface area contributed by atoms with Crippen molar-refractivity contribution in [2.75, 3.05) is 0 Å². The smallest absolute Gasteiger partial charge is 0.193 e. The first-order chi connectivity index (χ1) is 9.60. The number of ether oxygens (including phenoxy) is 1. The van der Waals surface area contributed by atoms with E-state index in [1.54, 1.807) is 31.2 Å². The Morgan fingerprint density at radius 1 is 1.10 bits per heavy atom. The molecule has 2 aromatic carbocycles. The molecule has 0 fully saturated rings. The Morgan fingerprint density at radius 3 is 2.10 bits per heavy atom. The molecular formula is C16H12FNO2. The fourth-order valence-corrected chi connectivity index (χ4v) is 1.68. The summed E-state index contributed by atoms with van der Waals surface area (Å²) in [6.07, 6.45) is -0.548. The van der Waals surface area contributed by atoms with Crippen LogP contribution in [0.5, 0.6) is 5.75 Å². The second-order valence-corrected chi connectivity index (χ2v) is 4.25. The van der Waals surface area contributed by atoms with Gasteiger partial charge in [0.1, 0.15) is 17.6 Å². The van der Waals surface area contributed by atoms with Gasteiger partial charge in [-0.25, -0.2) is 4.39 Å². The van der Waals surface area contributed by atoms with Crippen LogP contribution < -0.4 is 4.74 Å². The Balaban J connectivity index is 2.15. The molecule has 0 aliphatic heterocycles. The topological polar surface area (TPSA) is 50.1 Å². The zero-order valence-electron chi connectivity index (χ0n) is 10.8. The standard InChI is InChI=1S/C16H12FNO2/c1-11(10-18)20-15-8-4-13(5-9-15)16(19)12-2-6-14(17)7-3-12/h2-9,11H,1H3/t11-/m0/s1. The quantitative estimate of drug-likeness (QED) is 0.800. The molecule has 0 saturated carbocycles. The van der Waals surface area contributed by atoms with Gasteiger partial charge in [-0.1, -0.05) is 0 Å². The highest BCUT2D eigenvalue weighted by molar-refractivity contribution is 6.08. The maximum atomic E-state index is 12.8. The van der Waals surface area contributed by atoms with E-state index in [9.17, 15) is 9.18 Å². The van der Waals surface area contributed by atoms with Gasteiger partial charge < -0.3 is 4.74 Å². The summed E-state index contributed by atoms with van der Waals surface area (Å²) in [7, 11) is 0. The van der Waals surface area contributed by atoms with Crippen LogP contribution in [0.3, 0.4) is 0 Å². The van der Waals surface area contributed by atoms with E-state index in [-0.39, 0.29) is 11.6 Å². The number of ketones is 1. The zero-order chi connectivity index (χ0) is 14.5. The van der Waals surface area contributed by atoms with Crippen LogP contribution in [0.15, 0.2) is 48.5 Å². The lowest BCUT2D eigenvalue weighted by molar-refractivity contribution is 0.103. The number of halogens is 1. The van der Waals surface area contributed by atoms with Crippen molar-refractivity contribution < 1.29 is 13.9 Å². The second-order valence-electron chi connectivity index (χ2n) is 4.25. The van der Waals surface area contributed by atoms with E-state index in [4.69, 9.17) is 10.00 Å². The number of hydrogen-bond donors (Lipinski definition) is 0. The lowest BCUT2D eigenvalue weighted by Crippen LogP contribution is -2.08. The predicted octanol–water partition coefficient (Wildman–Crippen LogP) is 3.35. The molecule has 0 aromatic heterocycles. The number of nitrogens with zero attached hydrogens (tertiary/aromatic N) is 1. The molecule has 3 nitrogen and oxygen atoms in total. The number of hydrogen-bond acceptors (Lipinski definition) is 3. The molecule has 0 bridgehead atoms. The van der Waals surface area contributed by atoms with Crippen LogP contribution in [0, 0.1) is 17.1 Å². The van der Waals surface area contributed by atoms with E-state index >= 15 is 0 Å². The molecule has 1 atom stereocenters. The summed E-state index contributed by atoms with van der Waals surface area (Å²) < 4.78 is 18.1. The first kappa shape index (κ1) is 13.8. The molecular weight excluding hydrogens is 257 g/mol. The van der Waals surface area contributed by atoms with Crippen LogP contribution in [0.4, 0.5) is 4.39 Å². The van der Waals surface area contributed by atoms with Crippen molar-refractivity contribution in [1.82, 2.24) is 0 Å². The monoisotopic (exact) mass is 269 g/mol. The minimum absolute atomic E-state index is 0.190. The fraction of sp³-hybridized carbons (Fsp3) is 0.125.